The van der Waals surface area contributed by atoms with Crippen LogP contribution in [-0.2, 0) is 5.41 Å². The molecule has 0 saturated carbocycles. The SMILES string of the molecule is COc1cc(C=c2sc3nnc(-c4ccc(C(C)(C)C)cc4)n3c2=O)cc(OC)c1OC. The van der Waals surface area contributed by atoms with Crippen molar-refractivity contribution in [1.82, 2.24) is 14.6 Å². The first-order valence-electron chi connectivity index (χ1n) is 10.1. The van der Waals surface area contributed by atoms with Crippen LogP contribution >= 0.6 is 11.3 Å². The summed E-state index contributed by atoms with van der Waals surface area (Å²) >= 11 is 1.29. The third-order valence-electron chi connectivity index (χ3n) is 5.24. The van der Waals surface area contributed by atoms with Crippen molar-refractivity contribution in [2.45, 2.75) is 26.2 Å². The number of nitrogens with zero attached hydrogens (tertiary/aromatic N) is 3. The topological polar surface area (TPSA) is 75.0 Å². The maximum Gasteiger partial charge on any atom is 0.276 e. The molecular weight excluding hydrogens is 426 g/mol. The molecule has 2 aromatic carbocycles. The molecule has 0 aliphatic rings. The first kappa shape index (κ1) is 21.8. The van der Waals surface area contributed by atoms with Gasteiger partial charge in [-0.15, -0.1) is 10.2 Å². The molecule has 0 unspecified atom stereocenters. The van der Waals surface area contributed by atoms with Gasteiger partial charge in [0.2, 0.25) is 10.7 Å². The van der Waals surface area contributed by atoms with E-state index in [0.29, 0.717) is 32.6 Å². The van der Waals surface area contributed by atoms with E-state index in [1.165, 1.54) is 16.9 Å². The summed E-state index contributed by atoms with van der Waals surface area (Å²) in [6.07, 6.45) is 1.79. The molecule has 0 N–H and O–H groups in total. The first-order valence-corrected chi connectivity index (χ1v) is 10.9. The van der Waals surface area contributed by atoms with Crippen molar-refractivity contribution in [3.63, 3.8) is 0 Å². The summed E-state index contributed by atoms with van der Waals surface area (Å²) < 4.78 is 18.3. The minimum Gasteiger partial charge on any atom is -0.493 e. The average Bonchev–Trinajstić information content (AvgIpc) is 3.32. The highest BCUT2D eigenvalue weighted by Gasteiger charge is 2.17. The van der Waals surface area contributed by atoms with E-state index < -0.39 is 0 Å². The van der Waals surface area contributed by atoms with Crippen LogP contribution in [0.3, 0.4) is 0 Å². The van der Waals surface area contributed by atoms with Crippen LogP contribution in [0.4, 0.5) is 0 Å². The van der Waals surface area contributed by atoms with Gasteiger partial charge in [0, 0.05) is 5.56 Å². The van der Waals surface area contributed by atoms with Gasteiger partial charge < -0.3 is 14.2 Å². The Morgan fingerprint density at radius 1 is 0.938 bits per heavy atom. The quantitative estimate of drug-likeness (QED) is 0.461. The monoisotopic (exact) mass is 451 g/mol. The Bertz CT molecular complexity index is 1360. The van der Waals surface area contributed by atoms with Crippen molar-refractivity contribution in [3.05, 3.63) is 62.4 Å². The van der Waals surface area contributed by atoms with E-state index >= 15 is 0 Å². The number of hydrogen-bond donors (Lipinski definition) is 0. The summed E-state index contributed by atoms with van der Waals surface area (Å²) in [4.78, 5) is 13.8. The maximum atomic E-state index is 13.2. The Kier molecular flexibility index (Phi) is 5.64. The van der Waals surface area contributed by atoms with Crippen molar-refractivity contribution in [2.75, 3.05) is 21.3 Å². The maximum absolute atomic E-state index is 13.2. The van der Waals surface area contributed by atoms with E-state index in [2.05, 4.69) is 43.1 Å². The molecule has 7 nitrogen and oxygen atoms in total. The molecule has 0 aliphatic carbocycles. The molecule has 0 fully saturated rings. The van der Waals surface area contributed by atoms with Gasteiger partial charge in [-0.2, -0.15) is 0 Å². The highest BCUT2D eigenvalue weighted by Crippen LogP contribution is 2.38. The van der Waals surface area contributed by atoms with E-state index in [1.807, 2.05) is 12.1 Å². The summed E-state index contributed by atoms with van der Waals surface area (Å²) in [6.45, 7) is 6.49. The second-order valence-electron chi connectivity index (χ2n) is 8.34. The highest BCUT2D eigenvalue weighted by atomic mass is 32.1. The summed E-state index contributed by atoms with van der Waals surface area (Å²) in [5, 5.41) is 8.48. The Morgan fingerprint density at radius 3 is 2.09 bits per heavy atom. The normalized spacial score (nSPS) is 12.4. The van der Waals surface area contributed by atoms with Crippen molar-refractivity contribution in [3.8, 4) is 28.6 Å². The third kappa shape index (κ3) is 3.82. The standard InChI is InChI=1S/C24H25N3O4S/c1-24(2,3)16-9-7-15(8-10-16)21-25-26-23-27(21)22(28)19(32-23)13-14-11-17(29-4)20(31-6)18(12-14)30-5/h7-13H,1-6H3. The lowest BCUT2D eigenvalue weighted by Crippen LogP contribution is -2.23. The number of fused-ring (bicyclic) bond motifs is 1. The van der Waals surface area contributed by atoms with Crippen molar-refractivity contribution < 1.29 is 14.2 Å². The van der Waals surface area contributed by atoms with Crippen molar-refractivity contribution in [2.24, 2.45) is 0 Å². The second kappa shape index (κ2) is 8.27. The predicted molar refractivity (Wildman–Crippen MR) is 126 cm³/mol. The molecule has 166 valence electrons. The van der Waals surface area contributed by atoms with Crippen LogP contribution in [0.15, 0.2) is 41.2 Å². The second-order valence-corrected chi connectivity index (χ2v) is 9.35. The number of benzene rings is 2. The molecule has 0 bridgehead atoms. The molecule has 0 spiro atoms. The molecule has 0 amide bonds. The van der Waals surface area contributed by atoms with Gasteiger partial charge in [-0.3, -0.25) is 4.79 Å². The van der Waals surface area contributed by atoms with Gasteiger partial charge in [-0.25, -0.2) is 4.40 Å². The minimum atomic E-state index is -0.168. The van der Waals surface area contributed by atoms with Crippen LogP contribution < -0.4 is 24.3 Å². The van der Waals surface area contributed by atoms with Crippen LogP contribution in [0, 0.1) is 0 Å². The predicted octanol–water partition coefficient (Wildman–Crippen LogP) is 3.69. The van der Waals surface area contributed by atoms with Crippen LogP contribution in [0.25, 0.3) is 22.4 Å². The number of rotatable bonds is 5. The number of methoxy groups -OCH3 is 3. The van der Waals surface area contributed by atoms with Gasteiger partial charge in [-0.05, 0) is 34.8 Å². The van der Waals surface area contributed by atoms with E-state index in [1.54, 1.807) is 43.9 Å². The molecule has 0 saturated heterocycles. The van der Waals surface area contributed by atoms with Gasteiger partial charge in [0.05, 0.1) is 25.9 Å². The van der Waals surface area contributed by atoms with E-state index in [-0.39, 0.29) is 11.0 Å². The Balaban J connectivity index is 1.82. The molecule has 4 rings (SSSR count). The molecule has 4 aromatic rings. The number of hydrogen-bond acceptors (Lipinski definition) is 7. The summed E-state index contributed by atoms with van der Waals surface area (Å²) in [7, 11) is 4.67. The molecule has 2 heterocycles. The fourth-order valence-corrected chi connectivity index (χ4v) is 4.42. The van der Waals surface area contributed by atoms with E-state index in [4.69, 9.17) is 14.2 Å². The van der Waals surface area contributed by atoms with Crippen LogP contribution in [0.5, 0.6) is 17.2 Å². The lowest BCUT2D eigenvalue weighted by molar-refractivity contribution is 0.324. The number of ether oxygens (including phenoxy) is 3. The molecular formula is C24H25N3O4S. The summed E-state index contributed by atoms with van der Waals surface area (Å²) in [6, 6.07) is 11.7. The third-order valence-corrected chi connectivity index (χ3v) is 6.20. The first-order chi connectivity index (χ1) is 15.3. The fraction of sp³-hybridized carbons (Fsp3) is 0.292. The average molecular weight is 452 g/mol. The largest absolute Gasteiger partial charge is 0.493 e. The lowest BCUT2D eigenvalue weighted by atomic mass is 9.87. The zero-order valence-electron chi connectivity index (χ0n) is 18.9. The minimum absolute atomic E-state index is 0.0490. The zero-order valence-corrected chi connectivity index (χ0v) is 19.7. The molecule has 0 aliphatic heterocycles. The summed E-state index contributed by atoms with van der Waals surface area (Å²) in [5.41, 5.74) is 2.70. The lowest BCUT2D eigenvalue weighted by Gasteiger charge is -2.18. The Labute approximate surface area is 189 Å². The number of thiazole rings is 1. The molecule has 0 atom stereocenters. The van der Waals surface area contributed by atoms with Crippen LogP contribution in [0.1, 0.15) is 31.9 Å². The fourth-order valence-electron chi connectivity index (χ4n) is 3.50. The summed E-state index contributed by atoms with van der Waals surface area (Å²) in [5.74, 6) is 2.08. The molecule has 2 aromatic heterocycles. The van der Waals surface area contributed by atoms with Gasteiger partial charge in [0.25, 0.3) is 5.56 Å². The molecule has 32 heavy (non-hydrogen) atoms. The van der Waals surface area contributed by atoms with Crippen molar-refractivity contribution in [1.29, 1.82) is 0 Å². The van der Waals surface area contributed by atoms with E-state index in [0.717, 1.165) is 11.1 Å². The van der Waals surface area contributed by atoms with Gasteiger partial charge >= 0.3 is 0 Å². The Hall–Kier alpha value is -3.39. The van der Waals surface area contributed by atoms with Gasteiger partial charge in [0.1, 0.15) is 0 Å². The molecule has 8 heteroatoms. The number of aromatic nitrogens is 3. The smallest absolute Gasteiger partial charge is 0.276 e. The van der Waals surface area contributed by atoms with Gasteiger partial charge in [-0.1, -0.05) is 56.4 Å². The van der Waals surface area contributed by atoms with Gasteiger partial charge in [0.15, 0.2) is 17.3 Å². The Morgan fingerprint density at radius 2 is 1.56 bits per heavy atom. The zero-order chi connectivity index (χ0) is 23.0. The van der Waals surface area contributed by atoms with E-state index in [9.17, 15) is 4.79 Å². The van der Waals surface area contributed by atoms with Crippen molar-refractivity contribution >= 4 is 22.4 Å². The molecule has 0 radical (unpaired) electrons. The highest BCUT2D eigenvalue weighted by molar-refractivity contribution is 7.15. The van der Waals surface area contributed by atoms with Crippen LogP contribution in [0.2, 0.25) is 0 Å². The van der Waals surface area contributed by atoms with Crippen LogP contribution in [-0.4, -0.2) is 35.9 Å².